The third-order valence-electron chi connectivity index (χ3n) is 5.31. The SMILES string of the molecule is Cc1noc(C)c1CN1CCN(C(=O)C2(C)CCCCN2)CC1. The van der Waals surface area contributed by atoms with Crippen LogP contribution in [0.15, 0.2) is 4.52 Å². The highest BCUT2D eigenvalue weighted by Gasteiger charge is 2.38. The zero-order valence-corrected chi connectivity index (χ0v) is 14.5. The van der Waals surface area contributed by atoms with Crippen LogP contribution in [0, 0.1) is 13.8 Å². The van der Waals surface area contributed by atoms with Crippen LogP contribution in [0.5, 0.6) is 0 Å². The molecule has 128 valence electrons. The molecular formula is C17H28N4O2. The number of hydrogen-bond donors (Lipinski definition) is 1. The fraction of sp³-hybridized carbons (Fsp3) is 0.765. The van der Waals surface area contributed by atoms with Crippen LogP contribution in [0.1, 0.15) is 43.2 Å². The van der Waals surface area contributed by atoms with Gasteiger partial charge < -0.3 is 14.7 Å². The Labute approximate surface area is 138 Å². The highest BCUT2D eigenvalue weighted by Crippen LogP contribution is 2.23. The average molecular weight is 320 g/mol. The lowest BCUT2D eigenvalue weighted by molar-refractivity contribution is -0.140. The third kappa shape index (κ3) is 3.43. The molecule has 1 aromatic rings. The number of carbonyl (C=O) groups is 1. The lowest BCUT2D eigenvalue weighted by Gasteiger charge is -2.41. The zero-order chi connectivity index (χ0) is 16.4. The van der Waals surface area contributed by atoms with Gasteiger partial charge in [-0.25, -0.2) is 0 Å². The number of aryl methyl sites for hydroxylation is 2. The van der Waals surface area contributed by atoms with E-state index in [4.69, 9.17) is 4.52 Å². The number of amides is 1. The summed E-state index contributed by atoms with van der Waals surface area (Å²) in [5.74, 6) is 1.18. The molecule has 0 radical (unpaired) electrons. The maximum Gasteiger partial charge on any atom is 0.242 e. The first-order valence-electron chi connectivity index (χ1n) is 8.68. The molecule has 6 heteroatoms. The molecular weight excluding hydrogens is 292 g/mol. The van der Waals surface area contributed by atoms with Gasteiger partial charge in [-0.3, -0.25) is 9.69 Å². The topological polar surface area (TPSA) is 61.6 Å². The van der Waals surface area contributed by atoms with Crippen LogP contribution < -0.4 is 5.32 Å². The summed E-state index contributed by atoms with van der Waals surface area (Å²) in [6.45, 7) is 11.3. The normalized spacial score (nSPS) is 26.5. The molecule has 23 heavy (non-hydrogen) atoms. The van der Waals surface area contributed by atoms with Gasteiger partial charge in [0.15, 0.2) is 0 Å². The molecule has 2 aliphatic heterocycles. The predicted molar refractivity (Wildman–Crippen MR) is 88.1 cm³/mol. The van der Waals surface area contributed by atoms with Gasteiger partial charge in [-0.1, -0.05) is 5.16 Å². The molecule has 3 rings (SSSR count). The first-order chi connectivity index (χ1) is 11.0. The standard InChI is InChI=1S/C17H28N4O2/c1-13-15(14(2)23-19-13)12-20-8-10-21(11-9-20)16(22)17(3)6-4-5-7-18-17/h18H,4-12H2,1-3H3. The van der Waals surface area contributed by atoms with Crippen molar-refractivity contribution in [1.29, 1.82) is 0 Å². The van der Waals surface area contributed by atoms with Crippen molar-refractivity contribution in [2.75, 3.05) is 32.7 Å². The molecule has 1 aromatic heterocycles. The van der Waals surface area contributed by atoms with Crippen LogP contribution in [0.2, 0.25) is 0 Å². The summed E-state index contributed by atoms with van der Waals surface area (Å²) in [5, 5.41) is 7.45. The molecule has 3 heterocycles. The number of carbonyl (C=O) groups excluding carboxylic acids is 1. The van der Waals surface area contributed by atoms with Crippen LogP contribution in [0.25, 0.3) is 0 Å². The van der Waals surface area contributed by atoms with Crippen molar-refractivity contribution in [1.82, 2.24) is 20.3 Å². The Hall–Kier alpha value is -1.40. The lowest BCUT2D eigenvalue weighted by Crippen LogP contribution is -2.61. The second kappa shape index (κ2) is 6.61. The number of rotatable bonds is 3. The van der Waals surface area contributed by atoms with E-state index in [1.807, 2.05) is 18.7 Å². The van der Waals surface area contributed by atoms with Gasteiger partial charge >= 0.3 is 0 Å². The Kier molecular flexibility index (Phi) is 4.73. The van der Waals surface area contributed by atoms with Crippen molar-refractivity contribution in [2.24, 2.45) is 0 Å². The summed E-state index contributed by atoms with van der Waals surface area (Å²) in [6.07, 6.45) is 3.26. The van der Waals surface area contributed by atoms with Crippen molar-refractivity contribution in [2.45, 2.75) is 52.1 Å². The number of hydrogen-bond acceptors (Lipinski definition) is 5. The number of nitrogens with one attached hydrogen (secondary N) is 1. The molecule has 1 amide bonds. The Morgan fingerprint density at radius 3 is 2.57 bits per heavy atom. The summed E-state index contributed by atoms with van der Waals surface area (Å²) >= 11 is 0. The highest BCUT2D eigenvalue weighted by atomic mass is 16.5. The van der Waals surface area contributed by atoms with Gasteiger partial charge in [0.05, 0.1) is 11.2 Å². The third-order valence-corrected chi connectivity index (χ3v) is 5.31. The summed E-state index contributed by atoms with van der Waals surface area (Å²) in [4.78, 5) is 17.2. The molecule has 2 fully saturated rings. The quantitative estimate of drug-likeness (QED) is 0.914. The van der Waals surface area contributed by atoms with Crippen LogP contribution >= 0.6 is 0 Å². The zero-order valence-electron chi connectivity index (χ0n) is 14.5. The number of piperazine rings is 1. The minimum atomic E-state index is -0.359. The van der Waals surface area contributed by atoms with Crippen molar-refractivity contribution in [3.05, 3.63) is 17.0 Å². The largest absolute Gasteiger partial charge is 0.361 e. The van der Waals surface area contributed by atoms with Crippen LogP contribution in [-0.4, -0.2) is 59.1 Å². The number of nitrogens with zero attached hydrogens (tertiary/aromatic N) is 3. The first kappa shape index (κ1) is 16.5. The smallest absolute Gasteiger partial charge is 0.242 e. The molecule has 0 spiro atoms. The minimum Gasteiger partial charge on any atom is -0.361 e. The van der Waals surface area contributed by atoms with E-state index in [0.29, 0.717) is 0 Å². The predicted octanol–water partition coefficient (Wildman–Crippen LogP) is 1.47. The monoisotopic (exact) mass is 320 g/mol. The summed E-state index contributed by atoms with van der Waals surface area (Å²) in [5.41, 5.74) is 1.80. The summed E-state index contributed by atoms with van der Waals surface area (Å²) in [6, 6.07) is 0. The minimum absolute atomic E-state index is 0.272. The highest BCUT2D eigenvalue weighted by molar-refractivity contribution is 5.86. The number of aromatic nitrogens is 1. The van der Waals surface area contributed by atoms with Gasteiger partial charge in [-0.15, -0.1) is 0 Å². The van der Waals surface area contributed by atoms with Crippen LogP contribution in [-0.2, 0) is 11.3 Å². The van der Waals surface area contributed by atoms with E-state index in [0.717, 1.165) is 63.6 Å². The van der Waals surface area contributed by atoms with Crippen LogP contribution in [0.4, 0.5) is 0 Å². The molecule has 1 unspecified atom stereocenters. The van der Waals surface area contributed by atoms with Crippen molar-refractivity contribution in [3.8, 4) is 0 Å². The van der Waals surface area contributed by atoms with Crippen LogP contribution in [0.3, 0.4) is 0 Å². The molecule has 2 saturated heterocycles. The molecule has 1 N–H and O–H groups in total. The molecule has 1 atom stereocenters. The fourth-order valence-corrected chi connectivity index (χ4v) is 3.65. The van der Waals surface area contributed by atoms with Gasteiger partial charge in [0.25, 0.3) is 0 Å². The Morgan fingerprint density at radius 1 is 1.26 bits per heavy atom. The van der Waals surface area contributed by atoms with E-state index in [1.54, 1.807) is 0 Å². The van der Waals surface area contributed by atoms with Gasteiger partial charge in [0.1, 0.15) is 5.76 Å². The first-order valence-corrected chi connectivity index (χ1v) is 8.68. The molecule has 6 nitrogen and oxygen atoms in total. The summed E-state index contributed by atoms with van der Waals surface area (Å²) < 4.78 is 5.24. The second-order valence-corrected chi connectivity index (χ2v) is 7.09. The van der Waals surface area contributed by atoms with E-state index in [-0.39, 0.29) is 11.4 Å². The van der Waals surface area contributed by atoms with Crippen molar-refractivity contribution in [3.63, 3.8) is 0 Å². The van der Waals surface area contributed by atoms with E-state index in [9.17, 15) is 4.79 Å². The lowest BCUT2D eigenvalue weighted by atomic mass is 9.89. The molecule has 2 aliphatic rings. The maximum atomic E-state index is 12.8. The van der Waals surface area contributed by atoms with Gasteiger partial charge in [-0.05, 0) is 46.6 Å². The number of piperidine rings is 1. The molecule has 0 aromatic carbocycles. The van der Waals surface area contributed by atoms with Gasteiger partial charge in [0.2, 0.25) is 5.91 Å². The summed E-state index contributed by atoms with van der Waals surface area (Å²) in [7, 11) is 0. The van der Waals surface area contributed by atoms with E-state index >= 15 is 0 Å². The molecule has 0 bridgehead atoms. The molecule has 0 saturated carbocycles. The van der Waals surface area contributed by atoms with E-state index < -0.39 is 0 Å². The Morgan fingerprint density at radius 2 is 2.00 bits per heavy atom. The van der Waals surface area contributed by atoms with E-state index in [2.05, 4.69) is 22.3 Å². The van der Waals surface area contributed by atoms with Crippen molar-refractivity contribution < 1.29 is 9.32 Å². The fourth-order valence-electron chi connectivity index (χ4n) is 3.65. The maximum absolute atomic E-state index is 12.8. The van der Waals surface area contributed by atoms with Gasteiger partial charge in [-0.2, -0.15) is 0 Å². The average Bonchev–Trinajstić information content (AvgIpc) is 2.87. The molecule has 0 aliphatic carbocycles. The Balaban J connectivity index is 1.55. The Bertz CT molecular complexity index is 535. The van der Waals surface area contributed by atoms with E-state index in [1.165, 1.54) is 12.0 Å². The second-order valence-electron chi connectivity index (χ2n) is 7.09. The van der Waals surface area contributed by atoms with Crippen molar-refractivity contribution >= 4 is 5.91 Å². The van der Waals surface area contributed by atoms with Gasteiger partial charge in [0, 0.05) is 38.3 Å².